The van der Waals surface area contributed by atoms with Crippen LogP contribution in [0.1, 0.15) is 21.7 Å². The van der Waals surface area contributed by atoms with Gasteiger partial charge in [-0.25, -0.2) is 0 Å². The number of aliphatic imine (C=N–C) groups is 1. The molecule has 3 N–H and O–H groups in total. The average molecular weight is 368 g/mol. The second-order valence-corrected chi connectivity index (χ2v) is 6.32. The number of nitrogens with zero attached hydrogens (tertiary/aromatic N) is 1. The highest BCUT2D eigenvalue weighted by molar-refractivity contribution is 7.07. The number of thiophene rings is 1. The van der Waals surface area contributed by atoms with Crippen LogP contribution in [0.15, 0.2) is 68.9 Å². The molecule has 26 heavy (non-hydrogen) atoms. The second kappa shape index (κ2) is 8.87. The molecule has 0 aliphatic heterocycles. The number of anilines is 1. The third kappa shape index (κ3) is 4.97. The average Bonchev–Trinajstić information content (AvgIpc) is 3.36. The van der Waals surface area contributed by atoms with Gasteiger partial charge in [-0.1, -0.05) is 12.1 Å². The molecule has 1 aromatic carbocycles. The molecule has 3 rings (SSSR count). The van der Waals surface area contributed by atoms with Gasteiger partial charge in [-0.3, -0.25) is 9.79 Å². The molecule has 0 saturated heterocycles. The van der Waals surface area contributed by atoms with E-state index in [4.69, 9.17) is 4.42 Å². The summed E-state index contributed by atoms with van der Waals surface area (Å²) in [6, 6.07) is 13.0. The van der Waals surface area contributed by atoms with Crippen LogP contribution in [-0.4, -0.2) is 18.9 Å². The van der Waals surface area contributed by atoms with Crippen molar-refractivity contribution in [3.63, 3.8) is 0 Å². The van der Waals surface area contributed by atoms with Crippen molar-refractivity contribution in [3.8, 4) is 0 Å². The first-order valence-electron chi connectivity index (χ1n) is 8.14. The molecule has 7 heteroatoms. The largest absolute Gasteiger partial charge is 0.459 e. The summed E-state index contributed by atoms with van der Waals surface area (Å²) in [5.74, 6) is 0.737. The van der Waals surface area contributed by atoms with Gasteiger partial charge in [-0.15, -0.1) is 0 Å². The molecule has 0 unspecified atom stereocenters. The Balaban J connectivity index is 1.53. The summed E-state index contributed by atoms with van der Waals surface area (Å²) < 4.78 is 5.10. The highest BCUT2D eigenvalue weighted by atomic mass is 32.1. The predicted octanol–water partition coefficient (Wildman–Crippen LogP) is 3.46. The highest BCUT2D eigenvalue weighted by Crippen LogP contribution is 2.12. The first-order chi connectivity index (χ1) is 12.7. The molecule has 0 atom stereocenters. The van der Waals surface area contributed by atoms with E-state index in [9.17, 15) is 4.79 Å². The van der Waals surface area contributed by atoms with Gasteiger partial charge in [0.05, 0.1) is 6.26 Å². The quantitative estimate of drug-likeness (QED) is 0.460. The van der Waals surface area contributed by atoms with Crippen LogP contribution < -0.4 is 16.0 Å². The zero-order valence-corrected chi connectivity index (χ0v) is 15.2. The van der Waals surface area contributed by atoms with Gasteiger partial charge in [0, 0.05) is 25.8 Å². The fraction of sp³-hybridized carbons (Fsp3) is 0.158. The molecule has 3 aromatic rings. The fourth-order valence-electron chi connectivity index (χ4n) is 2.34. The standard InChI is InChI=1S/C19H20N4O2S/c1-20-19(22-12-15-7-9-26-13-15)21-11-14-4-2-5-16(10-14)23-18(24)17-6-3-8-25-17/h2-10,13H,11-12H2,1H3,(H,23,24)(H2,20,21,22). The predicted molar refractivity (Wildman–Crippen MR) is 104 cm³/mol. The van der Waals surface area contributed by atoms with Crippen molar-refractivity contribution < 1.29 is 9.21 Å². The molecule has 0 aliphatic carbocycles. The molecule has 0 saturated carbocycles. The summed E-state index contributed by atoms with van der Waals surface area (Å²) in [5.41, 5.74) is 2.97. The molecule has 0 bridgehead atoms. The summed E-state index contributed by atoms with van der Waals surface area (Å²) in [4.78, 5) is 16.3. The van der Waals surface area contributed by atoms with Crippen LogP contribution in [0.3, 0.4) is 0 Å². The summed E-state index contributed by atoms with van der Waals surface area (Å²) in [6.45, 7) is 1.32. The fourth-order valence-corrected chi connectivity index (χ4v) is 3.01. The van der Waals surface area contributed by atoms with E-state index < -0.39 is 0 Å². The molecule has 2 heterocycles. The van der Waals surface area contributed by atoms with Crippen molar-refractivity contribution in [1.82, 2.24) is 10.6 Å². The molecule has 2 aromatic heterocycles. The van der Waals surface area contributed by atoms with Crippen LogP contribution in [0.5, 0.6) is 0 Å². The van der Waals surface area contributed by atoms with Crippen molar-refractivity contribution in [2.24, 2.45) is 4.99 Å². The summed E-state index contributed by atoms with van der Waals surface area (Å²) in [7, 11) is 1.74. The highest BCUT2D eigenvalue weighted by Gasteiger charge is 2.09. The summed E-state index contributed by atoms with van der Waals surface area (Å²) in [6.07, 6.45) is 1.48. The molecule has 0 aliphatic rings. The van der Waals surface area contributed by atoms with Crippen LogP contribution >= 0.6 is 11.3 Å². The van der Waals surface area contributed by atoms with Gasteiger partial charge in [0.1, 0.15) is 0 Å². The molecule has 0 fully saturated rings. The SMILES string of the molecule is CN=C(NCc1ccsc1)NCc1cccc(NC(=O)c2ccco2)c1. The number of rotatable bonds is 6. The zero-order valence-electron chi connectivity index (χ0n) is 14.4. The third-order valence-electron chi connectivity index (χ3n) is 3.65. The molecule has 1 amide bonds. The zero-order chi connectivity index (χ0) is 18.2. The van der Waals surface area contributed by atoms with E-state index in [1.807, 2.05) is 24.3 Å². The Labute approximate surface area is 156 Å². The number of guanidine groups is 1. The number of carbonyl (C=O) groups is 1. The lowest BCUT2D eigenvalue weighted by molar-refractivity contribution is 0.0996. The van der Waals surface area contributed by atoms with E-state index in [0.717, 1.165) is 18.1 Å². The maximum Gasteiger partial charge on any atom is 0.291 e. The maximum atomic E-state index is 12.0. The minimum Gasteiger partial charge on any atom is -0.459 e. The number of hydrogen-bond donors (Lipinski definition) is 3. The number of benzene rings is 1. The summed E-state index contributed by atoms with van der Waals surface area (Å²) in [5, 5.41) is 13.5. The lowest BCUT2D eigenvalue weighted by atomic mass is 10.2. The molecule has 134 valence electrons. The summed E-state index contributed by atoms with van der Waals surface area (Å²) >= 11 is 1.67. The molecule has 0 radical (unpaired) electrons. The number of nitrogens with one attached hydrogen (secondary N) is 3. The topological polar surface area (TPSA) is 78.7 Å². The first-order valence-corrected chi connectivity index (χ1v) is 9.08. The van der Waals surface area contributed by atoms with Crippen molar-refractivity contribution in [2.75, 3.05) is 12.4 Å². The van der Waals surface area contributed by atoms with Crippen LogP contribution in [0, 0.1) is 0 Å². The Bertz CT molecular complexity index is 858. The second-order valence-electron chi connectivity index (χ2n) is 5.54. The number of hydrogen-bond acceptors (Lipinski definition) is 4. The van der Waals surface area contributed by atoms with E-state index >= 15 is 0 Å². The van der Waals surface area contributed by atoms with E-state index in [1.165, 1.54) is 11.8 Å². The minimum absolute atomic E-state index is 0.270. The lowest BCUT2D eigenvalue weighted by Gasteiger charge is -2.12. The van der Waals surface area contributed by atoms with Gasteiger partial charge in [-0.05, 0) is 52.2 Å². The van der Waals surface area contributed by atoms with Crippen molar-refractivity contribution in [3.05, 3.63) is 76.4 Å². The monoisotopic (exact) mass is 368 g/mol. The van der Waals surface area contributed by atoms with Crippen LogP contribution in [-0.2, 0) is 13.1 Å². The van der Waals surface area contributed by atoms with Crippen molar-refractivity contribution in [1.29, 1.82) is 0 Å². The molecule has 0 spiro atoms. The van der Waals surface area contributed by atoms with Gasteiger partial charge in [0.2, 0.25) is 0 Å². The van der Waals surface area contributed by atoms with Gasteiger partial charge >= 0.3 is 0 Å². The van der Waals surface area contributed by atoms with Gasteiger partial charge in [0.25, 0.3) is 5.91 Å². The Hall–Kier alpha value is -3.06. The van der Waals surface area contributed by atoms with E-state index in [-0.39, 0.29) is 11.7 Å². The van der Waals surface area contributed by atoms with Gasteiger partial charge in [-0.2, -0.15) is 11.3 Å². The Morgan fingerprint density at radius 2 is 1.96 bits per heavy atom. The van der Waals surface area contributed by atoms with Crippen LogP contribution in [0.4, 0.5) is 5.69 Å². The van der Waals surface area contributed by atoms with Crippen molar-refractivity contribution in [2.45, 2.75) is 13.1 Å². The Kier molecular flexibility index (Phi) is 6.05. The Morgan fingerprint density at radius 3 is 2.65 bits per heavy atom. The number of furan rings is 1. The number of amides is 1. The van der Waals surface area contributed by atoms with Gasteiger partial charge < -0.3 is 20.4 Å². The van der Waals surface area contributed by atoms with Crippen LogP contribution in [0.25, 0.3) is 0 Å². The lowest BCUT2D eigenvalue weighted by Crippen LogP contribution is -2.36. The molecule has 6 nitrogen and oxygen atoms in total. The smallest absolute Gasteiger partial charge is 0.291 e. The van der Waals surface area contributed by atoms with Crippen molar-refractivity contribution >= 4 is 28.9 Å². The van der Waals surface area contributed by atoms with Crippen LogP contribution in [0.2, 0.25) is 0 Å². The normalized spacial score (nSPS) is 11.2. The van der Waals surface area contributed by atoms with E-state index in [1.54, 1.807) is 30.5 Å². The van der Waals surface area contributed by atoms with E-state index in [0.29, 0.717) is 12.2 Å². The maximum absolute atomic E-state index is 12.0. The number of carbonyl (C=O) groups excluding carboxylic acids is 1. The van der Waals surface area contributed by atoms with E-state index in [2.05, 4.69) is 37.8 Å². The molecular formula is C19H20N4O2S. The Morgan fingerprint density at radius 1 is 1.12 bits per heavy atom. The first kappa shape index (κ1) is 17.8. The molecular weight excluding hydrogens is 348 g/mol. The van der Waals surface area contributed by atoms with Gasteiger partial charge in [0.15, 0.2) is 11.7 Å². The third-order valence-corrected chi connectivity index (χ3v) is 4.39. The minimum atomic E-state index is -0.270.